The van der Waals surface area contributed by atoms with Crippen LogP contribution in [0.3, 0.4) is 0 Å². The van der Waals surface area contributed by atoms with Crippen molar-refractivity contribution in [2.75, 3.05) is 28.2 Å². The molecule has 0 fully saturated rings. The van der Waals surface area contributed by atoms with Gasteiger partial charge in [-0.05, 0) is 31.6 Å². The molecule has 0 heterocycles. The maximum absolute atomic E-state index is 3.83. The van der Waals surface area contributed by atoms with Crippen molar-refractivity contribution in [3.05, 3.63) is 47.0 Å². The molecule has 2 nitrogen and oxygen atoms in total. The molecule has 0 spiro atoms. The van der Waals surface area contributed by atoms with Crippen LogP contribution in [0.1, 0.15) is 27.2 Å². The average molecular weight is 320 g/mol. The van der Waals surface area contributed by atoms with Gasteiger partial charge in [-0.2, -0.15) is 0 Å². The van der Waals surface area contributed by atoms with E-state index in [-0.39, 0.29) is 0 Å². The van der Waals surface area contributed by atoms with Gasteiger partial charge < -0.3 is 4.90 Å². The fraction of sp³-hybridized carbons (Fsp3) is 0.526. The Bertz CT molecular complexity index is 514. The van der Waals surface area contributed by atoms with E-state index >= 15 is 0 Å². The van der Waals surface area contributed by atoms with Gasteiger partial charge in [0.2, 0.25) is 0 Å². The second-order valence-electron chi connectivity index (χ2n) is 6.73. The average Bonchev–Trinajstić information content (AvgIpc) is 2.42. The third-order valence-corrected chi connectivity index (χ3v) is 8.65. The van der Waals surface area contributed by atoms with Gasteiger partial charge in [0.05, 0.1) is 0 Å². The van der Waals surface area contributed by atoms with Crippen molar-refractivity contribution in [2.24, 2.45) is 0 Å². The van der Waals surface area contributed by atoms with Crippen LogP contribution in [0.4, 0.5) is 0 Å². The second kappa shape index (κ2) is 8.94. The number of allylic oxidation sites excluding steroid dienone is 6. The van der Waals surface area contributed by atoms with Crippen LogP contribution in [0.5, 0.6) is 0 Å². The molecule has 0 atom stereocenters. The highest BCUT2D eigenvalue weighted by molar-refractivity contribution is 6.90. The molecular weight excluding hydrogens is 284 g/mol. The standard InChI is InChI=1S/C19H35N2Si/c1-11-13-18(21(7)8)15-19(12-2)22(9,10)17(4)14-16(3)20(5)6/h11,13-15H,1,12H2,2-10H3/q+1. The summed E-state index contributed by atoms with van der Waals surface area (Å²) < 4.78 is 2.17. The molecule has 0 bridgehead atoms. The molecule has 0 radical (unpaired) electrons. The van der Waals surface area contributed by atoms with Crippen molar-refractivity contribution in [2.45, 2.75) is 40.3 Å². The molecule has 3 heteroatoms. The van der Waals surface area contributed by atoms with E-state index in [4.69, 9.17) is 0 Å². The number of nitrogens with zero attached hydrogens (tertiary/aromatic N) is 2. The van der Waals surface area contributed by atoms with Crippen LogP contribution in [0.15, 0.2) is 47.0 Å². The number of hydrogen-bond donors (Lipinski definition) is 0. The summed E-state index contributed by atoms with van der Waals surface area (Å²) in [6, 6.07) is 0. The van der Waals surface area contributed by atoms with Crippen LogP contribution in [-0.4, -0.2) is 51.5 Å². The van der Waals surface area contributed by atoms with E-state index in [1.165, 1.54) is 16.6 Å². The molecule has 0 aromatic carbocycles. The van der Waals surface area contributed by atoms with Gasteiger partial charge in [0.25, 0.3) is 0 Å². The van der Waals surface area contributed by atoms with Gasteiger partial charge in [-0.15, -0.1) is 0 Å². The Kier molecular flexibility index (Phi) is 8.39. The number of hydrogen-bond acceptors (Lipinski definition) is 1. The lowest BCUT2D eigenvalue weighted by molar-refractivity contribution is -0.464. The first kappa shape index (κ1) is 20.6. The third-order valence-electron chi connectivity index (χ3n) is 4.43. The van der Waals surface area contributed by atoms with Crippen molar-refractivity contribution in [1.29, 1.82) is 0 Å². The Morgan fingerprint density at radius 1 is 1.14 bits per heavy atom. The van der Waals surface area contributed by atoms with Gasteiger partial charge in [-0.25, -0.2) is 4.58 Å². The maximum atomic E-state index is 3.83. The summed E-state index contributed by atoms with van der Waals surface area (Å²) in [5.41, 5.74) is 2.52. The Hall–Kier alpha value is -1.35. The van der Waals surface area contributed by atoms with E-state index in [9.17, 15) is 0 Å². The summed E-state index contributed by atoms with van der Waals surface area (Å²) in [6.07, 6.45) is 9.74. The molecule has 0 aromatic heterocycles. The van der Waals surface area contributed by atoms with Gasteiger partial charge >= 0.3 is 0 Å². The van der Waals surface area contributed by atoms with Crippen LogP contribution in [-0.2, 0) is 0 Å². The fourth-order valence-corrected chi connectivity index (χ4v) is 4.69. The first-order valence-electron chi connectivity index (χ1n) is 7.98. The first-order valence-corrected chi connectivity index (χ1v) is 11.0. The lowest BCUT2D eigenvalue weighted by Crippen LogP contribution is -2.32. The molecule has 22 heavy (non-hydrogen) atoms. The van der Waals surface area contributed by atoms with E-state index < -0.39 is 8.07 Å². The van der Waals surface area contributed by atoms with Gasteiger partial charge in [0.15, 0.2) is 5.71 Å². The molecule has 0 aliphatic carbocycles. The molecule has 0 saturated carbocycles. The Morgan fingerprint density at radius 2 is 1.68 bits per heavy atom. The number of rotatable bonds is 7. The van der Waals surface area contributed by atoms with Crippen molar-refractivity contribution in [3.8, 4) is 0 Å². The topological polar surface area (TPSA) is 6.25 Å². The Labute approximate surface area is 139 Å². The van der Waals surface area contributed by atoms with Gasteiger partial charge in [-0.1, -0.05) is 43.1 Å². The van der Waals surface area contributed by atoms with Crippen LogP contribution in [0, 0.1) is 0 Å². The molecule has 0 unspecified atom stereocenters. The molecule has 124 valence electrons. The SMILES string of the molecule is C=CC=C(C=C(CC)[Si](C)(C)C(C)=CC(C)=[N+](C)C)N(C)C. The van der Waals surface area contributed by atoms with E-state index in [0.29, 0.717) is 0 Å². The summed E-state index contributed by atoms with van der Waals surface area (Å²) >= 11 is 0. The highest BCUT2D eigenvalue weighted by Crippen LogP contribution is 2.27. The van der Waals surface area contributed by atoms with Crippen LogP contribution in [0.2, 0.25) is 13.1 Å². The van der Waals surface area contributed by atoms with E-state index in [0.717, 1.165) is 6.42 Å². The molecule has 0 saturated heterocycles. The summed E-state index contributed by atoms with van der Waals surface area (Å²) in [6.45, 7) is 15.4. The quantitative estimate of drug-likeness (QED) is 0.291. The second-order valence-corrected chi connectivity index (χ2v) is 11.4. The largest absolute Gasteiger partial charge is 0.378 e. The minimum atomic E-state index is -1.61. The predicted molar refractivity (Wildman–Crippen MR) is 104 cm³/mol. The zero-order chi connectivity index (χ0) is 17.5. The smallest absolute Gasteiger partial charge is 0.171 e. The van der Waals surface area contributed by atoms with Gasteiger partial charge in [0.1, 0.15) is 22.2 Å². The van der Waals surface area contributed by atoms with Crippen LogP contribution >= 0.6 is 0 Å². The molecule has 0 N–H and O–H groups in total. The monoisotopic (exact) mass is 319 g/mol. The lowest BCUT2D eigenvalue weighted by atomic mass is 10.3. The predicted octanol–water partition coefficient (Wildman–Crippen LogP) is 4.42. The summed E-state index contributed by atoms with van der Waals surface area (Å²) in [7, 11) is 6.75. The molecule has 0 aromatic rings. The normalized spacial score (nSPS) is 14.0. The molecule has 0 aliphatic rings. The molecule has 0 rings (SSSR count). The fourth-order valence-electron chi connectivity index (χ4n) is 2.23. The summed E-state index contributed by atoms with van der Waals surface area (Å²) in [5, 5.41) is 3.08. The van der Waals surface area contributed by atoms with Crippen molar-refractivity contribution < 1.29 is 4.58 Å². The molecule has 0 amide bonds. The van der Waals surface area contributed by atoms with Crippen LogP contribution < -0.4 is 0 Å². The Morgan fingerprint density at radius 3 is 2.05 bits per heavy atom. The van der Waals surface area contributed by atoms with Crippen molar-refractivity contribution >= 4 is 13.8 Å². The maximum Gasteiger partial charge on any atom is 0.171 e. The minimum Gasteiger partial charge on any atom is -0.378 e. The van der Waals surface area contributed by atoms with E-state index in [1.54, 1.807) is 5.20 Å². The zero-order valence-electron chi connectivity index (χ0n) is 16.1. The van der Waals surface area contributed by atoms with Crippen LogP contribution in [0.25, 0.3) is 0 Å². The van der Waals surface area contributed by atoms with Gasteiger partial charge in [-0.3, -0.25) is 0 Å². The van der Waals surface area contributed by atoms with E-state index in [1.807, 2.05) is 6.08 Å². The Balaban J connectivity index is 5.86. The highest BCUT2D eigenvalue weighted by atomic mass is 28.3. The molecular formula is C19H35N2Si+. The van der Waals surface area contributed by atoms with Gasteiger partial charge in [0, 0.05) is 26.7 Å². The number of likely N-dealkylation sites (N-methyl/N-ethyl adjacent to an activating group) is 1. The molecule has 0 aliphatic heterocycles. The lowest BCUT2D eigenvalue weighted by Gasteiger charge is -2.28. The minimum absolute atomic E-state index is 1.09. The van der Waals surface area contributed by atoms with Crippen molar-refractivity contribution in [1.82, 2.24) is 4.90 Å². The third kappa shape index (κ3) is 5.80. The zero-order valence-corrected chi connectivity index (χ0v) is 17.1. The highest BCUT2D eigenvalue weighted by Gasteiger charge is 2.27. The van der Waals surface area contributed by atoms with Crippen molar-refractivity contribution in [3.63, 3.8) is 0 Å². The first-order chi connectivity index (χ1) is 10.1. The summed E-state index contributed by atoms with van der Waals surface area (Å²) in [5.74, 6) is 0. The van der Waals surface area contributed by atoms with E-state index in [2.05, 4.69) is 96.3 Å². The summed E-state index contributed by atoms with van der Waals surface area (Å²) in [4.78, 5) is 2.15.